The quantitative estimate of drug-likeness (QED) is 0.348. The van der Waals surface area contributed by atoms with Crippen LogP contribution in [-0.4, -0.2) is 33.8 Å². The average Bonchev–Trinajstić information content (AvgIpc) is 1.35. The van der Waals surface area contributed by atoms with Crippen molar-refractivity contribution in [2.45, 2.75) is 0 Å². The van der Waals surface area contributed by atoms with E-state index in [0.717, 1.165) is 0 Å². The maximum absolute atomic E-state index is 5.58. The zero-order chi connectivity index (χ0) is 4.99. The third-order valence-electron chi connectivity index (χ3n) is 0.422. The second-order valence-electron chi connectivity index (χ2n) is 1.03. The lowest BCUT2D eigenvalue weighted by Crippen LogP contribution is -2.15. The first-order valence-electron chi connectivity index (χ1n) is 1.84. The molecule has 0 N–H and O–H groups in total. The van der Waals surface area contributed by atoms with Crippen molar-refractivity contribution in [2.75, 3.05) is 0 Å². The van der Waals surface area contributed by atoms with Crippen molar-refractivity contribution in [1.82, 2.24) is 0 Å². The molecular weight excluding hydrogens is 183 g/mol. The van der Waals surface area contributed by atoms with Gasteiger partial charge in [-0.2, -0.15) is 22.2 Å². The molecule has 1 radical (unpaired) electrons. The highest BCUT2D eigenvalue weighted by Gasteiger charge is 1.96. The van der Waals surface area contributed by atoms with Crippen LogP contribution in [0.5, 0.6) is 0 Å². The Morgan fingerprint density at radius 3 is 2.00 bits per heavy atom. The van der Waals surface area contributed by atoms with Crippen molar-refractivity contribution in [3.8, 4) is 0 Å². The molecule has 0 saturated heterocycles. The van der Waals surface area contributed by atoms with Gasteiger partial charge in [-0.1, -0.05) is 0 Å². The van der Waals surface area contributed by atoms with Gasteiger partial charge in [0, 0.05) is 8.55 Å². The van der Waals surface area contributed by atoms with Gasteiger partial charge in [0.1, 0.15) is 0 Å². The standard InChI is InChI=1S/Cl2H7Si4/c1-6(2)5-4-3/h6H,3-5H2. The van der Waals surface area contributed by atoms with Gasteiger partial charge < -0.3 is 0 Å². The predicted molar refractivity (Wildman–Crippen MR) is 44.5 cm³/mol. The Morgan fingerprint density at radius 1 is 1.50 bits per heavy atom. The molecule has 0 aliphatic carbocycles. The van der Waals surface area contributed by atoms with Gasteiger partial charge in [0.15, 0.2) is 0 Å². The Hall–Kier alpha value is 1.45. The van der Waals surface area contributed by atoms with Gasteiger partial charge in [-0.3, -0.25) is 0 Å². The molecule has 0 aromatic carbocycles. The monoisotopic (exact) mass is 189 g/mol. The fraction of sp³-hybridized carbons (Fsp3) is 0. The number of hydrogen-bond acceptors (Lipinski definition) is 0. The van der Waals surface area contributed by atoms with E-state index in [4.69, 9.17) is 22.2 Å². The van der Waals surface area contributed by atoms with E-state index in [2.05, 4.69) is 9.76 Å². The SMILES string of the molecule is [SiH2][SiH2][SiH2][SiH](Cl)Cl. The molecule has 0 fully saturated rings. The van der Waals surface area contributed by atoms with Crippen LogP contribution in [0.1, 0.15) is 0 Å². The summed E-state index contributed by atoms with van der Waals surface area (Å²) in [6.07, 6.45) is 0. The number of halogens is 2. The molecule has 6 heteroatoms. The van der Waals surface area contributed by atoms with Crippen LogP contribution in [0, 0.1) is 0 Å². The van der Waals surface area contributed by atoms with E-state index in [1.165, 1.54) is 0 Å². The van der Waals surface area contributed by atoms with E-state index < -0.39 is 6.93 Å². The lowest BCUT2D eigenvalue weighted by Gasteiger charge is -1.85. The highest BCUT2D eigenvalue weighted by Crippen LogP contribution is 1.88. The van der Waals surface area contributed by atoms with Crippen LogP contribution in [0.2, 0.25) is 0 Å². The van der Waals surface area contributed by atoms with E-state index in [9.17, 15) is 0 Å². The normalized spacial score (nSPS) is 14.0. The third kappa shape index (κ3) is 5.45. The van der Waals surface area contributed by atoms with Crippen molar-refractivity contribution >= 4 is 56.0 Å². The smallest absolute Gasteiger partial charge is 0.155 e. The molecule has 0 aliphatic rings. The maximum Gasteiger partial charge on any atom is 0.214 e. The predicted octanol–water partition coefficient (Wildman–Crippen LogP) is -2.02. The average molecular weight is 190 g/mol. The molecule has 0 saturated carbocycles. The second kappa shape index (κ2) is 4.60. The maximum atomic E-state index is 5.58. The highest BCUT2D eigenvalue weighted by molar-refractivity contribution is 7.68. The topological polar surface area (TPSA) is 0 Å². The van der Waals surface area contributed by atoms with Crippen LogP contribution in [-0.2, 0) is 0 Å². The van der Waals surface area contributed by atoms with E-state index in [0.29, 0.717) is 8.55 Å². The molecule has 0 unspecified atom stereocenters. The minimum Gasteiger partial charge on any atom is -0.155 e. The molecule has 0 aliphatic heterocycles. The second-order valence-corrected chi connectivity index (χ2v) is 27.9. The van der Waals surface area contributed by atoms with Crippen molar-refractivity contribution in [3.63, 3.8) is 0 Å². The van der Waals surface area contributed by atoms with E-state index >= 15 is 0 Å². The van der Waals surface area contributed by atoms with Crippen molar-refractivity contribution in [2.24, 2.45) is 0 Å². The zero-order valence-corrected chi connectivity index (χ0v) is 10.4. The molecule has 0 spiro atoms. The number of rotatable bonds is 2. The summed E-state index contributed by atoms with van der Waals surface area (Å²) in [7, 11) is 2.63. The fourth-order valence-electron chi connectivity index (χ4n) is 0.154. The van der Waals surface area contributed by atoms with Crippen LogP contribution in [0.4, 0.5) is 0 Å². The van der Waals surface area contributed by atoms with Gasteiger partial charge in [0.25, 0.3) is 0 Å². The zero-order valence-electron chi connectivity index (χ0n) is 3.45. The van der Waals surface area contributed by atoms with Gasteiger partial charge >= 0.3 is 0 Å². The fourth-order valence-corrected chi connectivity index (χ4v) is 37.5. The van der Waals surface area contributed by atoms with Gasteiger partial charge in [-0.05, 0) is 18.3 Å². The Labute approximate surface area is 56.1 Å². The minimum absolute atomic E-state index is 0.177. The summed E-state index contributed by atoms with van der Waals surface area (Å²) in [6, 6.07) is 0. The summed E-state index contributed by atoms with van der Waals surface area (Å²) in [5.74, 6) is 0. The first-order valence-corrected chi connectivity index (χ1v) is 16.6. The Balaban J connectivity index is 2.63. The van der Waals surface area contributed by atoms with Crippen LogP contribution < -0.4 is 0 Å². The summed E-state index contributed by atoms with van der Waals surface area (Å²) in [6.45, 7) is -1.02. The van der Waals surface area contributed by atoms with Crippen molar-refractivity contribution in [3.05, 3.63) is 0 Å². The minimum atomic E-state index is -1.02. The van der Waals surface area contributed by atoms with Gasteiger partial charge in [0.05, 0.1) is 0 Å². The molecule has 0 nitrogen and oxygen atoms in total. The van der Waals surface area contributed by atoms with E-state index in [1.807, 2.05) is 0 Å². The molecule has 37 valence electrons. The largest absolute Gasteiger partial charge is 0.214 e. The summed E-state index contributed by atoms with van der Waals surface area (Å²) in [5, 5.41) is 0. The molecule has 0 aromatic heterocycles. The van der Waals surface area contributed by atoms with Crippen molar-refractivity contribution < 1.29 is 0 Å². The molecule has 0 aromatic rings. The third-order valence-corrected chi connectivity index (χ3v) is 34.2. The highest BCUT2D eigenvalue weighted by atomic mass is 35.7. The molecule has 0 amide bonds. The first kappa shape index (κ1) is 7.45. The van der Waals surface area contributed by atoms with Crippen LogP contribution in [0.25, 0.3) is 0 Å². The van der Waals surface area contributed by atoms with Crippen LogP contribution in [0.3, 0.4) is 0 Å². The number of hydrogen-bond donors (Lipinski definition) is 0. The lowest BCUT2D eigenvalue weighted by molar-refractivity contribution is 3.87. The molecule has 6 heavy (non-hydrogen) atoms. The Kier molecular flexibility index (Phi) is 5.71. The molecule has 0 atom stereocenters. The first-order chi connectivity index (χ1) is 2.77. The molecular formula is H7Cl2Si4. The summed E-state index contributed by atoms with van der Waals surface area (Å²) in [5.41, 5.74) is 0. The van der Waals surface area contributed by atoms with Crippen LogP contribution in [0.15, 0.2) is 0 Å². The van der Waals surface area contributed by atoms with E-state index in [1.54, 1.807) is 0 Å². The lowest BCUT2D eigenvalue weighted by atomic mass is 26.4. The molecule has 0 bridgehead atoms. The molecule has 0 rings (SSSR count). The molecule has 0 heterocycles. The summed E-state index contributed by atoms with van der Waals surface area (Å²) >= 11 is 11.2. The van der Waals surface area contributed by atoms with Gasteiger partial charge in [-0.15, -0.1) is 0 Å². The van der Waals surface area contributed by atoms with Crippen molar-refractivity contribution in [1.29, 1.82) is 0 Å². The Morgan fingerprint density at radius 2 is 2.00 bits per heavy atom. The Bertz CT molecular complexity index is 26.7. The summed E-state index contributed by atoms with van der Waals surface area (Å²) < 4.78 is 0. The van der Waals surface area contributed by atoms with Gasteiger partial charge in [0.2, 0.25) is 6.93 Å². The van der Waals surface area contributed by atoms with Crippen LogP contribution >= 0.6 is 22.2 Å². The summed E-state index contributed by atoms with van der Waals surface area (Å²) in [4.78, 5) is 0. The van der Waals surface area contributed by atoms with Gasteiger partial charge in [-0.25, -0.2) is 0 Å². The van der Waals surface area contributed by atoms with E-state index in [-0.39, 0.29) is 8.55 Å².